The molecule has 0 spiro atoms. The van der Waals surface area contributed by atoms with Crippen LogP contribution in [0.2, 0.25) is 5.02 Å². The van der Waals surface area contributed by atoms with Gasteiger partial charge >= 0.3 is 11.9 Å². The van der Waals surface area contributed by atoms with Crippen molar-refractivity contribution in [3.05, 3.63) is 28.8 Å². The third-order valence-corrected chi connectivity index (χ3v) is 2.94. The number of carboxylic acids is 2. The minimum absolute atomic E-state index is 0.296. The van der Waals surface area contributed by atoms with E-state index in [1.807, 2.05) is 25.1 Å². The van der Waals surface area contributed by atoms with Crippen molar-refractivity contribution in [3.63, 3.8) is 0 Å². The molecule has 0 heterocycles. The maximum Gasteiger partial charge on any atom is 0.414 e. The normalized spacial score (nSPS) is 11.1. The van der Waals surface area contributed by atoms with E-state index >= 15 is 0 Å². The first-order valence-electron chi connectivity index (χ1n) is 6.98. The van der Waals surface area contributed by atoms with E-state index in [-0.39, 0.29) is 6.10 Å². The molecule has 1 unspecified atom stereocenters. The zero-order valence-electron chi connectivity index (χ0n) is 13.1. The Hall–Kier alpha value is -1.83. The molecule has 7 nitrogen and oxygen atoms in total. The van der Waals surface area contributed by atoms with E-state index < -0.39 is 11.9 Å². The Balaban J connectivity index is 0.000000688. The Morgan fingerprint density at radius 3 is 2.39 bits per heavy atom. The van der Waals surface area contributed by atoms with Gasteiger partial charge in [0.1, 0.15) is 5.75 Å². The number of ether oxygens (including phenoxy) is 1. The fourth-order valence-corrected chi connectivity index (χ4v) is 1.52. The van der Waals surface area contributed by atoms with Crippen LogP contribution in [0.15, 0.2) is 18.2 Å². The molecule has 0 radical (unpaired) electrons. The van der Waals surface area contributed by atoms with Gasteiger partial charge in [-0.1, -0.05) is 11.6 Å². The van der Waals surface area contributed by atoms with Gasteiger partial charge in [0.05, 0.1) is 12.7 Å². The van der Waals surface area contributed by atoms with Crippen molar-refractivity contribution in [1.82, 2.24) is 5.32 Å². The molecule has 4 N–H and O–H groups in total. The lowest BCUT2D eigenvalue weighted by atomic mass is 10.2. The third-order valence-electron chi connectivity index (χ3n) is 2.52. The number of rotatable bonds is 7. The number of carbonyl (C=O) groups is 2. The predicted molar refractivity (Wildman–Crippen MR) is 86.1 cm³/mol. The van der Waals surface area contributed by atoms with Gasteiger partial charge in [-0.2, -0.15) is 0 Å². The van der Waals surface area contributed by atoms with Gasteiger partial charge in [0.2, 0.25) is 0 Å². The average molecular weight is 348 g/mol. The summed E-state index contributed by atoms with van der Waals surface area (Å²) in [5, 5.41) is 27.7. The molecule has 0 aliphatic heterocycles. The Morgan fingerprint density at radius 2 is 1.91 bits per heavy atom. The molecule has 0 aliphatic rings. The van der Waals surface area contributed by atoms with Gasteiger partial charge in [-0.15, -0.1) is 0 Å². The van der Waals surface area contributed by atoms with Crippen LogP contribution in [0, 0.1) is 6.92 Å². The van der Waals surface area contributed by atoms with Gasteiger partial charge in [-0.05, 0) is 50.6 Å². The lowest BCUT2D eigenvalue weighted by molar-refractivity contribution is -0.159. The first-order valence-corrected chi connectivity index (χ1v) is 7.35. The molecule has 0 amide bonds. The van der Waals surface area contributed by atoms with Crippen LogP contribution in [-0.4, -0.2) is 53.1 Å². The van der Waals surface area contributed by atoms with Crippen molar-refractivity contribution >= 4 is 23.5 Å². The molecule has 0 fully saturated rings. The number of aryl methyl sites for hydroxylation is 1. The Labute approximate surface area is 139 Å². The highest BCUT2D eigenvalue weighted by Crippen LogP contribution is 2.20. The molecule has 8 heteroatoms. The second kappa shape index (κ2) is 11.7. The lowest BCUT2D eigenvalue weighted by Gasteiger charge is -2.09. The summed E-state index contributed by atoms with van der Waals surface area (Å²) in [5.41, 5.74) is 1.02. The van der Waals surface area contributed by atoms with Crippen LogP contribution in [-0.2, 0) is 9.59 Å². The fraction of sp³-hybridized carbons (Fsp3) is 0.467. The second-order valence-corrected chi connectivity index (χ2v) is 5.18. The van der Waals surface area contributed by atoms with E-state index in [2.05, 4.69) is 5.32 Å². The summed E-state index contributed by atoms with van der Waals surface area (Å²) in [6.07, 6.45) is 0.615. The van der Waals surface area contributed by atoms with Crippen molar-refractivity contribution in [2.24, 2.45) is 0 Å². The molecule has 0 saturated carbocycles. The summed E-state index contributed by atoms with van der Waals surface area (Å²) in [6, 6.07) is 5.65. The number of nitrogens with one attached hydrogen (secondary N) is 1. The van der Waals surface area contributed by atoms with Gasteiger partial charge in [-0.25, -0.2) is 9.59 Å². The van der Waals surface area contributed by atoms with E-state index in [0.29, 0.717) is 13.2 Å². The van der Waals surface area contributed by atoms with E-state index in [0.717, 1.165) is 29.3 Å². The van der Waals surface area contributed by atoms with Gasteiger partial charge in [-0.3, -0.25) is 0 Å². The van der Waals surface area contributed by atoms with Crippen LogP contribution in [0.1, 0.15) is 18.9 Å². The molecule has 23 heavy (non-hydrogen) atoms. The average Bonchev–Trinajstić information content (AvgIpc) is 2.46. The highest BCUT2D eigenvalue weighted by atomic mass is 35.5. The van der Waals surface area contributed by atoms with Crippen molar-refractivity contribution in [2.75, 3.05) is 19.7 Å². The Kier molecular flexibility index (Phi) is 10.8. The second-order valence-electron chi connectivity index (χ2n) is 4.78. The number of hydrogen-bond acceptors (Lipinski definition) is 5. The van der Waals surface area contributed by atoms with E-state index in [1.165, 1.54) is 0 Å². The van der Waals surface area contributed by atoms with Crippen LogP contribution in [0.4, 0.5) is 0 Å². The highest BCUT2D eigenvalue weighted by Gasteiger charge is 2.04. The van der Waals surface area contributed by atoms with E-state index in [1.54, 1.807) is 6.92 Å². The van der Waals surface area contributed by atoms with Crippen molar-refractivity contribution < 1.29 is 29.6 Å². The number of hydrogen-bond donors (Lipinski definition) is 4. The molecule has 1 atom stereocenters. The molecule has 1 aromatic carbocycles. The highest BCUT2D eigenvalue weighted by molar-refractivity contribution is 6.31. The topological polar surface area (TPSA) is 116 Å². The molecule has 0 bridgehead atoms. The largest absolute Gasteiger partial charge is 0.494 e. The van der Waals surface area contributed by atoms with Gasteiger partial charge in [0.15, 0.2) is 0 Å². The fourth-order valence-electron chi connectivity index (χ4n) is 1.41. The van der Waals surface area contributed by atoms with Crippen molar-refractivity contribution in [1.29, 1.82) is 0 Å². The SMILES string of the molecule is Cc1cc(OCCCNCC(C)O)ccc1Cl.O=C(O)C(=O)O. The van der Waals surface area contributed by atoms with Crippen LogP contribution < -0.4 is 10.1 Å². The minimum Gasteiger partial charge on any atom is -0.494 e. The van der Waals surface area contributed by atoms with Gasteiger partial charge in [0.25, 0.3) is 0 Å². The summed E-state index contributed by atoms with van der Waals surface area (Å²) >= 11 is 5.92. The first kappa shape index (κ1) is 21.2. The number of halogens is 1. The quantitative estimate of drug-likeness (QED) is 0.436. The summed E-state index contributed by atoms with van der Waals surface area (Å²) in [4.78, 5) is 18.2. The molecule has 130 valence electrons. The summed E-state index contributed by atoms with van der Waals surface area (Å²) in [6.45, 7) is 5.85. The van der Waals surface area contributed by atoms with E-state index in [4.69, 9.17) is 41.2 Å². The molecule has 1 aromatic rings. The molecule has 0 saturated heterocycles. The molecule has 0 aliphatic carbocycles. The lowest BCUT2D eigenvalue weighted by Crippen LogP contribution is -2.26. The number of aliphatic hydroxyl groups is 1. The smallest absolute Gasteiger partial charge is 0.414 e. The van der Waals surface area contributed by atoms with Crippen LogP contribution in [0.3, 0.4) is 0 Å². The standard InChI is InChI=1S/C13H20ClNO2.C2H2O4/c1-10-8-12(4-5-13(10)14)17-7-3-6-15-9-11(2)16;3-1(4)2(5)6/h4-5,8,11,15-16H,3,6-7,9H2,1-2H3;(H,3,4)(H,5,6). The molecular weight excluding hydrogens is 326 g/mol. The van der Waals surface area contributed by atoms with E-state index in [9.17, 15) is 0 Å². The van der Waals surface area contributed by atoms with Crippen molar-refractivity contribution in [2.45, 2.75) is 26.4 Å². The van der Waals surface area contributed by atoms with Gasteiger partial charge < -0.3 is 25.4 Å². The minimum atomic E-state index is -1.82. The molecule has 0 aromatic heterocycles. The first-order chi connectivity index (χ1) is 10.7. The number of benzene rings is 1. The zero-order chi connectivity index (χ0) is 17.8. The zero-order valence-corrected chi connectivity index (χ0v) is 13.8. The Bertz CT molecular complexity index is 495. The van der Waals surface area contributed by atoms with Crippen LogP contribution in [0.25, 0.3) is 0 Å². The summed E-state index contributed by atoms with van der Waals surface area (Å²) in [5.74, 6) is -2.80. The van der Waals surface area contributed by atoms with Crippen LogP contribution in [0.5, 0.6) is 5.75 Å². The molecular formula is C15H22ClNO6. The maximum atomic E-state index is 9.10. The van der Waals surface area contributed by atoms with Gasteiger partial charge in [0, 0.05) is 11.6 Å². The maximum absolute atomic E-state index is 9.10. The number of aliphatic hydroxyl groups excluding tert-OH is 1. The summed E-state index contributed by atoms with van der Waals surface area (Å²) in [7, 11) is 0. The number of carboxylic acid groups (broad SMARTS) is 2. The Morgan fingerprint density at radius 1 is 1.30 bits per heavy atom. The monoisotopic (exact) mass is 347 g/mol. The third kappa shape index (κ3) is 11.4. The van der Waals surface area contributed by atoms with Crippen LogP contribution >= 0.6 is 11.6 Å². The van der Waals surface area contributed by atoms with Crippen molar-refractivity contribution in [3.8, 4) is 5.75 Å². The summed E-state index contributed by atoms with van der Waals surface area (Å²) < 4.78 is 5.59. The number of aliphatic carboxylic acids is 2. The predicted octanol–water partition coefficient (Wildman–Crippen LogP) is 1.54. The molecule has 1 rings (SSSR count).